The molecule has 0 aliphatic carbocycles. The van der Waals surface area contributed by atoms with Crippen LogP contribution in [-0.4, -0.2) is 41.3 Å². The van der Waals surface area contributed by atoms with E-state index >= 15 is 0 Å². The fourth-order valence-electron chi connectivity index (χ4n) is 3.29. The van der Waals surface area contributed by atoms with Crippen LogP contribution >= 0.6 is 0 Å². The number of aromatic amines is 1. The predicted octanol–water partition coefficient (Wildman–Crippen LogP) is 2.73. The van der Waals surface area contributed by atoms with Crippen molar-refractivity contribution in [2.45, 2.75) is 12.5 Å². The zero-order valence-corrected chi connectivity index (χ0v) is 15.8. The van der Waals surface area contributed by atoms with Crippen molar-refractivity contribution in [2.75, 3.05) is 19.5 Å². The fraction of sp³-hybridized carbons (Fsp3) is 0.200. The topological polar surface area (TPSA) is 115 Å². The van der Waals surface area contributed by atoms with Crippen LogP contribution in [0.5, 0.6) is 11.5 Å². The minimum Gasteiger partial charge on any atom is -0.493 e. The van der Waals surface area contributed by atoms with Gasteiger partial charge in [0.05, 0.1) is 20.6 Å². The normalized spacial score (nSPS) is 14.8. The Balaban J connectivity index is 1.51. The van der Waals surface area contributed by atoms with Gasteiger partial charge < -0.3 is 19.5 Å². The Hall–Kier alpha value is -3.88. The number of methoxy groups -OCH3 is 2. The summed E-state index contributed by atoms with van der Waals surface area (Å²) in [6.07, 6.45) is 0.686. The molecule has 1 aromatic heterocycles. The van der Waals surface area contributed by atoms with Crippen LogP contribution in [0.4, 0.5) is 5.69 Å². The van der Waals surface area contributed by atoms with Crippen LogP contribution in [-0.2, 0) is 9.53 Å². The van der Waals surface area contributed by atoms with Crippen LogP contribution in [0.3, 0.4) is 0 Å². The second-order valence-corrected chi connectivity index (χ2v) is 6.33. The minimum atomic E-state index is -0.699. The molecule has 9 heteroatoms. The summed E-state index contributed by atoms with van der Waals surface area (Å²) < 4.78 is 15.9. The van der Waals surface area contributed by atoms with Gasteiger partial charge in [-0.25, -0.2) is 9.78 Å². The number of fused-ring (bicyclic) bond motifs is 1. The SMILES string of the molecule is COc1ccc2c(c1OC)C(=O)O[C@H]2CC(=O)Nc1cccc(-c2ncn[nH]2)c1. The van der Waals surface area contributed by atoms with Gasteiger partial charge in [0.2, 0.25) is 5.91 Å². The van der Waals surface area contributed by atoms with Gasteiger partial charge >= 0.3 is 5.97 Å². The van der Waals surface area contributed by atoms with Crippen molar-refractivity contribution >= 4 is 17.6 Å². The molecule has 1 atom stereocenters. The first-order valence-corrected chi connectivity index (χ1v) is 8.82. The molecule has 1 amide bonds. The lowest BCUT2D eigenvalue weighted by Crippen LogP contribution is -2.15. The van der Waals surface area contributed by atoms with Crippen molar-refractivity contribution in [3.63, 3.8) is 0 Å². The molecule has 9 nitrogen and oxygen atoms in total. The van der Waals surface area contributed by atoms with Crippen LogP contribution in [0, 0.1) is 0 Å². The molecule has 29 heavy (non-hydrogen) atoms. The van der Waals surface area contributed by atoms with Gasteiger partial charge in [0.15, 0.2) is 17.3 Å². The lowest BCUT2D eigenvalue weighted by atomic mass is 10.0. The third-order valence-electron chi connectivity index (χ3n) is 4.58. The van der Waals surface area contributed by atoms with Crippen molar-refractivity contribution in [1.29, 1.82) is 0 Å². The first-order valence-electron chi connectivity index (χ1n) is 8.82. The molecule has 2 heterocycles. The van der Waals surface area contributed by atoms with E-state index in [0.717, 1.165) is 5.56 Å². The largest absolute Gasteiger partial charge is 0.493 e. The van der Waals surface area contributed by atoms with Gasteiger partial charge in [0.25, 0.3) is 0 Å². The third-order valence-corrected chi connectivity index (χ3v) is 4.58. The Labute approximate surface area is 166 Å². The fourth-order valence-corrected chi connectivity index (χ4v) is 3.29. The van der Waals surface area contributed by atoms with Gasteiger partial charge in [-0.2, -0.15) is 5.10 Å². The number of hydrogen-bond donors (Lipinski definition) is 2. The number of carbonyl (C=O) groups is 2. The predicted molar refractivity (Wildman–Crippen MR) is 103 cm³/mol. The number of nitrogens with zero attached hydrogens (tertiary/aromatic N) is 2. The summed E-state index contributed by atoms with van der Waals surface area (Å²) in [5, 5.41) is 9.42. The van der Waals surface area contributed by atoms with Crippen molar-refractivity contribution in [2.24, 2.45) is 0 Å². The Morgan fingerprint density at radius 3 is 2.83 bits per heavy atom. The van der Waals surface area contributed by atoms with Crippen molar-refractivity contribution in [3.8, 4) is 22.9 Å². The Kier molecular flexibility index (Phi) is 4.86. The molecule has 148 valence electrons. The lowest BCUT2D eigenvalue weighted by Gasteiger charge is -2.13. The number of H-pyrrole nitrogens is 1. The summed E-state index contributed by atoms with van der Waals surface area (Å²) in [4.78, 5) is 29.0. The number of anilines is 1. The van der Waals surface area contributed by atoms with E-state index < -0.39 is 12.1 Å². The molecule has 2 N–H and O–H groups in total. The average Bonchev–Trinajstić information content (AvgIpc) is 3.36. The second-order valence-electron chi connectivity index (χ2n) is 6.33. The van der Waals surface area contributed by atoms with Gasteiger partial charge in [0, 0.05) is 16.8 Å². The molecule has 0 unspecified atom stereocenters. The zero-order valence-electron chi connectivity index (χ0n) is 15.8. The second kappa shape index (κ2) is 7.63. The highest BCUT2D eigenvalue weighted by molar-refractivity contribution is 5.99. The number of cyclic esters (lactones) is 1. The molecular weight excluding hydrogens is 376 g/mol. The Morgan fingerprint density at radius 2 is 2.10 bits per heavy atom. The monoisotopic (exact) mass is 394 g/mol. The summed E-state index contributed by atoms with van der Waals surface area (Å²) in [5.74, 6) is 0.497. The molecule has 1 aliphatic rings. The summed E-state index contributed by atoms with van der Waals surface area (Å²) in [6.45, 7) is 0. The van der Waals surface area contributed by atoms with Crippen molar-refractivity contribution < 1.29 is 23.8 Å². The van der Waals surface area contributed by atoms with Crippen molar-refractivity contribution in [1.82, 2.24) is 15.2 Å². The highest BCUT2D eigenvalue weighted by atomic mass is 16.6. The number of ether oxygens (including phenoxy) is 3. The van der Waals surface area contributed by atoms with Crippen LogP contribution < -0.4 is 14.8 Å². The lowest BCUT2D eigenvalue weighted by molar-refractivity contribution is -0.118. The van der Waals surface area contributed by atoms with Gasteiger partial charge in [-0.3, -0.25) is 9.89 Å². The molecular formula is C20H18N4O5. The number of benzene rings is 2. The zero-order chi connectivity index (χ0) is 20.4. The van der Waals surface area contributed by atoms with Gasteiger partial charge in [-0.15, -0.1) is 0 Å². The number of amides is 1. The maximum Gasteiger partial charge on any atom is 0.343 e. The van der Waals surface area contributed by atoms with E-state index in [-0.39, 0.29) is 17.9 Å². The third kappa shape index (κ3) is 3.49. The standard InChI is InChI=1S/C20H18N4O5/c1-27-14-7-6-13-15(29-20(26)17(13)18(14)28-2)9-16(25)23-12-5-3-4-11(8-12)19-21-10-22-24-19/h3-8,10,15H,9H2,1-2H3,(H,23,25)(H,21,22,24)/t15-/m0/s1. The van der Waals surface area contributed by atoms with E-state index in [1.807, 2.05) is 6.07 Å². The van der Waals surface area contributed by atoms with Gasteiger partial charge in [-0.05, 0) is 18.2 Å². The van der Waals surface area contributed by atoms with Crippen LogP contribution in [0.2, 0.25) is 0 Å². The van der Waals surface area contributed by atoms with E-state index in [1.165, 1.54) is 20.5 Å². The number of hydrogen-bond acceptors (Lipinski definition) is 7. The summed E-state index contributed by atoms with van der Waals surface area (Å²) in [6, 6.07) is 10.6. The maximum absolute atomic E-state index is 12.6. The molecule has 0 radical (unpaired) electrons. The molecule has 0 fully saturated rings. The maximum atomic E-state index is 12.6. The smallest absolute Gasteiger partial charge is 0.343 e. The number of aromatic nitrogens is 3. The van der Waals surface area contributed by atoms with Gasteiger partial charge in [0.1, 0.15) is 18.0 Å². The molecule has 1 aliphatic heterocycles. The van der Waals surface area contributed by atoms with E-state index in [1.54, 1.807) is 30.3 Å². The molecule has 2 aromatic carbocycles. The molecule has 3 aromatic rings. The van der Waals surface area contributed by atoms with E-state index in [4.69, 9.17) is 14.2 Å². The Bertz CT molecular complexity index is 1060. The molecule has 4 rings (SSSR count). The summed E-state index contributed by atoms with van der Waals surface area (Å²) in [5.41, 5.74) is 2.27. The molecule has 0 saturated carbocycles. The first-order chi connectivity index (χ1) is 14.1. The quantitative estimate of drug-likeness (QED) is 0.618. The molecule has 0 bridgehead atoms. The highest BCUT2D eigenvalue weighted by Crippen LogP contribution is 2.43. The number of rotatable bonds is 6. The van der Waals surface area contributed by atoms with E-state index in [9.17, 15) is 9.59 Å². The average molecular weight is 394 g/mol. The minimum absolute atomic E-state index is 0.0270. The van der Waals surface area contributed by atoms with Gasteiger partial charge in [-0.1, -0.05) is 18.2 Å². The van der Waals surface area contributed by atoms with E-state index in [0.29, 0.717) is 28.6 Å². The Morgan fingerprint density at radius 1 is 1.24 bits per heavy atom. The molecule has 0 spiro atoms. The van der Waals surface area contributed by atoms with E-state index in [2.05, 4.69) is 20.5 Å². The molecule has 0 saturated heterocycles. The summed E-state index contributed by atoms with van der Waals surface area (Å²) >= 11 is 0. The summed E-state index contributed by atoms with van der Waals surface area (Å²) in [7, 11) is 2.94. The van der Waals surface area contributed by atoms with Crippen LogP contribution in [0.15, 0.2) is 42.7 Å². The van der Waals surface area contributed by atoms with Crippen LogP contribution in [0.25, 0.3) is 11.4 Å². The highest BCUT2D eigenvalue weighted by Gasteiger charge is 2.36. The first kappa shape index (κ1) is 18.5. The van der Waals surface area contributed by atoms with Crippen LogP contribution in [0.1, 0.15) is 28.4 Å². The number of carbonyl (C=O) groups excluding carboxylic acids is 2. The van der Waals surface area contributed by atoms with Crippen molar-refractivity contribution in [3.05, 3.63) is 53.9 Å². The number of esters is 1. The number of nitrogens with one attached hydrogen (secondary N) is 2.